The monoisotopic (exact) mass is 251 g/mol. The molecule has 3 N–H and O–H groups in total. The van der Waals surface area contributed by atoms with E-state index >= 15 is 0 Å². The summed E-state index contributed by atoms with van der Waals surface area (Å²) in [6.07, 6.45) is 0.634. The first-order valence-electron chi connectivity index (χ1n) is 5.85. The minimum absolute atomic E-state index is 0.205. The summed E-state index contributed by atoms with van der Waals surface area (Å²) in [6.45, 7) is 4.01. The van der Waals surface area contributed by atoms with Gasteiger partial charge in [0.05, 0.1) is 14.2 Å². The number of aliphatic imine (C=N–C) groups is 1. The third-order valence-electron chi connectivity index (χ3n) is 2.40. The van der Waals surface area contributed by atoms with Crippen molar-refractivity contribution in [2.75, 3.05) is 14.2 Å². The van der Waals surface area contributed by atoms with Crippen LogP contribution in [0.5, 0.6) is 11.5 Å². The summed E-state index contributed by atoms with van der Waals surface area (Å²) in [4.78, 5) is 4.40. The SMILES string of the molecule is COc1ccc(CC(=NC(C)C)NN)cc1OC. The molecule has 0 bridgehead atoms. The van der Waals surface area contributed by atoms with Crippen LogP contribution in [0.1, 0.15) is 19.4 Å². The zero-order chi connectivity index (χ0) is 13.5. The second kappa shape index (κ2) is 6.86. The molecule has 0 aromatic heterocycles. The van der Waals surface area contributed by atoms with E-state index in [0.29, 0.717) is 17.9 Å². The lowest BCUT2D eigenvalue weighted by atomic mass is 10.1. The summed E-state index contributed by atoms with van der Waals surface area (Å²) >= 11 is 0. The van der Waals surface area contributed by atoms with E-state index in [1.807, 2.05) is 32.0 Å². The summed E-state index contributed by atoms with van der Waals surface area (Å²) in [6, 6.07) is 5.97. The van der Waals surface area contributed by atoms with Gasteiger partial charge in [-0.2, -0.15) is 0 Å². The van der Waals surface area contributed by atoms with Crippen molar-refractivity contribution in [3.8, 4) is 11.5 Å². The van der Waals surface area contributed by atoms with Gasteiger partial charge in [0.1, 0.15) is 5.84 Å². The van der Waals surface area contributed by atoms with Gasteiger partial charge in [0.2, 0.25) is 0 Å². The predicted molar refractivity (Wildman–Crippen MR) is 73.1 cm³/mol. The van der Waals surface area contributed by atoms with Crippen LogP contribution in [0.15, 0.2) is 23.2 Å². The molecule has 0 unspecified atom stereocenters. The van der Waals surface area contributed by atoms with Crippen LogP contribution in [0, 0.1) is 0 Å². The third-order valence-corrected chi connectivity index (χ3v) is 2.40. The fourth-order valence-corrected chi connectivity index (χ4v) is 1.63. The number of methoxy groups -OCH3 is 2. The highest BCUT2D eigenvalue weighted by Crippen LogP contribution is 2.27. The normalized spacial score (nSPS) is 11.6. The van der Waals surface area contributed by atoms with Crippen LogP contribution < -0.4 is 20.7 Å². The van der Waals surface area contributed by atoms with Gasteiger partial charge in [0.15, 0.2) is 11.5 Å². The molecular weight excluding hydrogens is 230 g/mol. The Morgan fingerprint density at radius 3 is 2.44 bits per heavy atom. The van der Waals surface area contributed by atoms with Crippen molar-refractivity contribution in [3.63, 3.8) is 0 Å². The number of hydrogen-bond donors (Lipinski definition) is 2. The maximum atomic E-state index is 5.46. The first kappa shape index (κ1) is 14.3. The van der Waals surface area contributed by atoms with Gasteiger partial charge >= 0.3 is 0 Å². The number of hydrogen-bond acceptors (Lipinski definition) is 4. The van der Waals surface area contributed by atoms with Crippen molar-refractivity contribution < 1.29 is 9.47 Å². The van der Waals surface area contributed by atoms with E-state index in [-0.39, 0.29) is 6.04 Å². The molecule has 0 amide bonds. The molecular formula is C13H21N3O2. The minimum Gasteiger partial charge on any atom is -0.493 e. The van der Waals surface area contributed by atoms with Crippen molar-refractivity contribution in [1.29, 1.82) is 0 Å². The van der Waals surface area contributed by atoms with E-state index < -0.39 is 0 Å². The zero-order valence-electron chi connectivity index (χ0n) is 11.4. The molecule has 18 heavy (non-hydrogen) atoms. The lowest BCUT2D eigenvalue weighted by molar-refractivity contribution is 0.354. The van der Waals surface area contributed by atoms with Crippen molar-refractivity contribution in [3.05, 3.63) is 23.8 Å². The Morgan fingerprint density at radius 2 is 1.94 bits per heavy atom. The quantitative estimate of drug-likeness (QED) is 0.360. The molecule has 1 rings (SSSR count). The largest absolute Gasteiger partial charge is 0.493 e. The van der Waals surface area contributed by atoms with Crippen molar-refractivity contribution in [2.24, 2.45) is 10.8 Å². The Balaban J connectivity index is 2.90. The van der Waals surface area contributed by atoms with Gasteiger partial charge in [-0.1, -0.05) is 6.07 Å². The van der Waals surface area contributed by atoms with Gasteiger partial charge in [-0.3, -0.25) is 4.99 Å². The van der Waals surface area contributed by atoms with Gasteiger partial charge in [-0.15, -0.1) is 0 Å². The van der Waals surface area contributed by atoms with Crippen LogP contribution in [-0.4, -0.2) is 26.1 Å². The number of nitrogens with zero attached hydrogens (tertiary/aromatic N) is 1. The van der Waals surface area contributed by atoms with E-state index in [0.717, 1.165) is 11.4 Å². The van der Waals surface area contributed by atoms with Crippen molar-refractivity contribution >= 4 is 5.84 Å². The molecule has 0 saturated heterocycles. The van der Waals surface area contributed by atoms with E-state index in [1.165, 1.54) is 0 Å². The van der Waals surface area contributed by atoms with Gasteiger partial charge < -0.3 is 14.9 Å². The highest BCUT2D eigenvalue weighted by atomic mass is 16.5. The summed E-state index contributed by atoms with van der Waals surface area (Å²) in [5.74, 6) is 7.62. The topological polar surface area (TPSA) is 68.9 Å². The maximum Gasteiger partial charge on any atom is 0.161 e. The molecule has 0 fully saturated rings. The number of ether oxygens (including phenoxy) is 2. The van der Waals surface area contributed by atoms with Gasteiger partial charge in [-0.05, 0) is 31.5 Å². The number of nitrogens with two attached hydrogens (primary N) is 1. The van der Waals surface area contributed by atoms with Crippen molar-refractivity contribution in [1.82, 2.24) is 5.43 Å². The molecule has 0 atom stereocenters. The fourth-order valence-electron chi connectivity index (χ4n) is 1.63. The fraction of sp³-hybridized carbons (Fsp3) is 0.462. The van der Waals surface area contributed by atoms with Crippen LogP contribution in [-0.2, 0) is 6.42 Å². The minimum atomic E-state index is 0.205. The van der Waals surface area contributed by atoms with E-state index in [9.17, 15) is 0 Å². The molecule has 1 aromatic rings. The molecule has 1 aromatic carbocycles. The lowest BCUT2D eigenvalue weighted by Crippen LogP contribution is -2.32. The summed E-state index contributed by atoms with van der Waals surface area (Å²) < 4.78 is 10.4. The molecule has 0 heterocycles. The molecule has 100 valence electrons. The smallest absolute Gasteiger partial charge is 0.161 e. The van der Waals surface area contributed by atoms with E-state index in [4.69, 9.17) is 15.3 Å². The van der Waals surface area contributed by atoms with Crippen LogP contribution in [0.3, 0.4) is 0 Å². The Morgan fingerprint density at radius 1 is 1.28 bits per heavy atom. The van der Waals surface area contributed by atoms with E-state index in [2.05, 4.69) is 10.4 Å². The van der Waals surface area contributed by atoms with Crippen LogP contribution >= 0.6 is 0 Å². The molecule has 5 nitrogen and oxygen atoms in total. The van der Waals surface area contributed by atoms with Crippen LogP contribution in [0.2, 0.25) is 0 Å². The molecule has 5 heteroatoms. The summed E-state index contributed by atoms with van der Waals surface area (Å²) in [5.41, 5.74) is 3.69. The highest BCUT2D eigenvalue weighted by Gasteiger charge is 2.07. The third kappa shape index (κ3) is 3.92. The Labute approximate surface area is 108 Å². The summed E-state index contributed by atoms with van der Waals surface area (Å²) in [5, 5.41) is 0. The van der Waals surface area contributed by atoms with Gasteiger partial charge in [0.25, 0.3) is 0 Å². The molecule has 0 saturated carbocycles. The molecule has 0 aliphatic carbocycles. The maximum absolute atomic E-state index is 5.46. The Bertz CT molecular complexity index is 417. The van der Waals surface area contributed by atoms with Crippen LogP contribution in [0.4, 0.5) is 0 Å². The van der Waals surface area contributed by atoms with E-state index in [1.54, 1.807) is 14.2 Å². The van der Waals surface area contributed by atoms with Crippen LogP contribution in [0.25, 0.3) is 0 Å². The van der Waals surface area contributed by atoms with Gasteiger partial charge in [-0.25, -0.2) is 5.84 Å². The first-order valence-corrected chi connectivity index (χ1v) is 5.85. The Hall–Kier alpha value is -1.75. The van der Waals surface area contributed by atoms with Crippen molar-refractivity contribution in [2.45, 2.75) is 26.3 Å². The van der Waals surface area contributed by atoms with Gasteiger partial charge in [0, 0.05) is 12.5 Å². The zero-order valence-corrected chi connectivity index (χ0v) is 11.4. The lowest BCUT2D eigenvalue weighted by Gasteiger charge is -2.11. The Kier molecular flexibility index (Phi) is 5.45. The second-order valence-electron chi connectivity index (χ2n) is 4.18. The average Bonchev–Trinajstić information content (AvgIpc) is 2.37. The number of benzene rings is 1. The highest BCUT2D eigenvalue weighted by molar-refractivity contribution is 5.84. The predicted octanol–water partition coefficient (Wildman–Crippen LogP) is 1.52. The second-order valence-corrected chi connectivity index (χ2v) is 4.18. The first-order chi connectivity index (χ1) is 8.60. The average molecular weight is 251 g/mol. The number of nitrogens with one attached hydrogen (secondary N) is 1. The standard InChI is InChI=1S/C13H21N3O2/c1-9(2)15-13(16-14)8-10-5-6-11(17-3)12(7-10)18-4/h5-7,9H,8,14H2,1-4H3,(H,15,16). The summed E-state index contributed by atoms with van der Waals surface area (Å²) in [7, 11) is 3.23. The number of rotatable bonds is 5. The molecule has 0 aliphatic heterocycles. The number of hydrazine groups is 1. The molecule has 0 aliphatic rings. The molecule has 0 radical (unpaired) electrons. The number of amidine groups is 1. The molecule has 0 spiro atoms.